The van der Waals surface area contributed by atoms with E-state index < -0.39 is 10.0 Å². The molecule has 1 amide bonds. The molecule has 1 N–H and O–H groups in total. The first-order valence-electron chi connectivity index (χ1n) is 10.6. The lowest BCUT2D eigenvalue weighted by molar-refractivity contribution is -0.121. The number of pyridine rings is 1. The Labute approximate surface area is 182 Å². The fourth-order valence-corrected chi connectivity index (χ4v) is 5.42. The van der Waals surface area contributed by atoms with Gasteiger partial charge >= 0.3 is 0 Å². The van der Waals surface area contributed by atoms with Crippen LogP contribution in [0, 0.1) is 0 Å². The number of sulfonamides is 1. The summed E-state index contributed by atoms with van der Waals surface area (Å²) in [5.41, 5.74) is 2.43. The summed E-state index contributed by atoms with van der Waals surface area (Å²) < 4.78 is 29.4. The Hall–Kier alpha value is -2.78. The van der Waals surface area contributed by atoms with Gasteiger partial charge in [0.05, 0.1) is 15.9 Å². The average Bonchev–Trinajstić information content (AvgIpc) is 3.12. The van der Waals surface area contributed by atoms with Gasteiger partial charge in [0, 0.05) is 51.9 Å². The second-order valence-corrected chi connectivity index (χ2v) is 9.78. The van der Waals surface area contributed by atoms with Gasteiger partial charge in [-0.3, -0.25) is 9.78 Å². The number of carbonyl (C=O) groups excluding carboxylic acids is 1. The molecule has 1 aliphatic rings. The van der Waals surface area contributed by atoms with Gasteiger partial charge in [0.1, 0.15) is 5.82 Å². The van der Waals surface area contributed by atoms with Crippen LogP contribution < -0.4 is 5.32 Å². The first-order valence-corrected chi connectivity index (χ1v) is 12.0. The lowest BCUT2D eigenvalue weighted by Crippen LogP contribution is -2.35. The lowest BCUT2D eigenvalue weighted by Gasteiger charge is -2.25. The van der Waals surface area contributed by atoms with Gasteiger partial charge in [0.15, 0.2) is 0 Å². The number of rotatable bonds is 7. The maximum absolute atomic E-state index is 13.0. The maximum Gasteiger partial charge on any atom is 0.243 e. The minimum absolute atomic E-state index is 0.0655. The van der Waals surface area contributed by atoms with Gasteiger partial charge < -0.3 is 9.88 Å². The zero-order valence-corrected chi connectivity index (χ0v) is 18.4. The van der Waals surface area contributed by atoms with Gasteiger partial charge in [-0.2, -0.15) is 4.31 Å². The molecular weight excluding hydrogens is 414 g/mol. The molecule has 0 unspecified atom stereocenters. The van der Waals surface area contributed by atoms with Crippen molar-refractivity contribution in [2.45, 2.75) is 43.5 Å². The number of nitrogens with zero attached hydrogens (tertiary/aromatic N) is 4. The highest BCUT2D eigenvalue weighted by molar-refractivity contribution is 7.89. The molecule has 9 heteroatoms. The third kappa shape index (κ3) is 4.77. The van der Waals surface area contributed by atoms with Crippen molar-refractivity contribution in [2.24, 2.45) is 7.05 Å². The molecular formula is C22H27N5O3S. The number of aromatic nitrogens is 3. The number of amides is 1. The van der Waals surface area contributed by atoms with Crippen molar-refractivity contribution >= 4 is 27.0 Å². The Morgan fingerprint density at radius 1 is 1.16 bits per heavy atom. The van der Waals surface area contributed by atoms with E-state index in [0.29, 0.717) is 38.0 Å². The van der Waals surface area contributed by atoms with E-state index >= 15 is 0 Å². The van der Waals surface area contributed by atoms with Crippen molar-refractivity contribution in [1.29, 1.82) is 0 Å². The van der Waals surface area contributed by atoms with Crippen LogP contribution in [0.15, 0.2) is 47.6 Å². The molecule has 8 nitrogen and oxygen atoms in total. The van der Waals surface area contributed by atoms with Crippen molar-refractivity contribution in [1.82, 2.24) is 24.2 Å². The normalized spacial score (nSPS) is 15.3. The highest BCUT2D eigenvalue weighted by Crippen LogP contribution is 2.24. The van der Waals surface area contributed by atoms with Crippen molar-refractivity contribution in [3.05, 3.63) is 54.1 Å². The second kappa shape index (κ2) is 9.15. The smallest absolute Gasteiger partial charge is 0.243 e. The molecule has 2 aromatic heterocycles. The summed E-state index contributed by atoms with van der Waals surface area (Å²) in [5, 5.41) is 2.89. The van der Waals surface area contributed by atoms with Crippen LogP contribution in [0.2, 0.25) is 0 Å². The average molecular weight is 442 g/mol. The standard InChI is InChI=1S/C22H27N5O3S/c1-26-20-8-7-18(31(29,30)27-12-3-2-4-13-27)14-19(20)25-21(26)9-10-22(28)24-16-17-6-5-11-23-15-17/h5-8,11,14-15H,2-4,9-10,12-13,16H2,1H3,(H,24,28). The monoisotopic (exact) mass is 441 g/mol. The predicted octanol–water partition coefficient (Wildman–Crippen LogP) is 2.39. The molecule has 0 saturated carbocycles. The van der Waals surface area contributed by atoms with Crippen LogP contribution in [0.1, 0.15) is 37.1 Å². The van der Waals surface area contributed by atoms with Crippen LogP contribution in [0.4, 0.5) is 0 Å². The van der Waals surface area contributed by atoms with Gasteiger partial charge in [-0.15, -0.1) is 0 Å². The quantitative estimate of drug-likeness (QED) is 0.607. The molecule has 164 valence electrons. The highest BCUT2D eigenvalue weighted by atomic mass is 32.2. The lowest BCUT2D eigenvalue weighted by atomic mass is 10.2. The van der Waals surface area contributed by atoms with Gasteiger partial charge in [-0.1, -0.05) is 12.5 Å². The Balaban J connectivity index is 1.44. The fourth-order valence-electron chi connectivity index (χ4n) is 3.88. The number of aryl methyl sites for hydroxylation is 2. The summed E-state index contributed by atoms with van der Waals surface area (Å²) in [6.07, 6.45) is 7.07. The molecule has 1 aliphatic heterocycles. The van der Waals surface area contributed by atoms with E-state index in [1.54, 1.807) is 34.9 Å². The third-order valence-electron chi connectivity index (χ3n) is 5.69. The molecule has 31 heavy (non-hydrogen) atoms. The Bertz CT molecular complexity index is 1170. The maximum atomic E-state index is 13.0. The molecule has 1 fully saturated rings. The van der Waals surface area contributed by atoms with E-state index in [1.165, 1.54) is 0 Å². The van der Waals surface area contributed by atoms with Crippen molar-refractivity contribution < 1.29 is 13.2 Å². The molecule has 0 aliphatic carbocycles. The van der Waals surface area contributed by atoms with Crippen LogP contribution in [0.25, 0.3) is 11.0 Å². The summed E-state index contributed by atoms with van der Waals surface area (Å²) in [6.45, 7) is 1.58. The molecule has 3 aromatic rings. The molecule has 4 rings (SSSR count). The molecule has 0 bridgehead atoms. The zero-order chi connectivity index (χ0) is 21.8. The second-order valence-electron chi connectivity index (χ2n) is 7.84. The molecule has 0 spiro atoms. The van der Waals surface area contributed by atoms with Gasteiger partial charge in [0.25, 0.3) is 0 Å². The van der Waals surface area contributed by atoms with Crippen molar-refractivity contribution in [2.75, 3.05) is 13.1 Å². The molecule has 0 atom stereocenters. The number of carbonyl (C=O) groups is 1. The summed E-state index contributed by atoms with van der Waals surface area (Å²) >= 11 is 0. The van der Waals surface area contributed by atoms with E-state index in [1.807, 2.05) is 23.7 Å². The Morgan fingerprint density at radius 3 is 2.71 bits per heavy atom. The molecule has 0 radical (unpaired) electrons. The topological polar surface area (TPSA) is 97.2 Å². The number of hydrogen-bond donors (Lipinski definition) is 1. The van der Waals surface area contributed by atoms with Gasteiger partial charge in [-0.05, 0) is 42.7 Å². The summed E-state index contributed by atoms with van der Waals surface area (Å²) in [6, 6.07) is 8.84. The van der Waals surface area contributed by atoms with Crippen LogP contribution in [0.5, 0.6) is 0 Å². The predicted molar refractivity (Wildman–Crippen MR) is 118 cm³/mol. The van der Waals surface area contributed by atoms with E-state index in [0.717, 1.165) is 36.2 Å². The molecule has 1 saturated heterocycles. The first-order chi connectivity index (χ1) is 14.9. The number of hydrogen-bond acceptors (Lipinski definition) is 5. The van der Waals surface area contributed by atoms with Crippen molar-refractivity contribution in [3.63, 3.8) is 0 Å². The van der Waals surface area contributed by atoms with E-state index in [9.17, 15) is 13.2 Å². The van der Waals surface area contributed by atoms with Gasteiger partial charge in [0.2, 0.25) is 15.9 Å². The fraction of sp³-hybridized carbons (Fsp3) is 0.409. The van der Waals surface area contributed by atoms with E-state index in [2.05, 4.69) is 15.3 Å². The SMILES string of the molecule is Cn1c(CCC(=O)NCc2cccnc2)nc2cc(S(=O)(=O)N3CCCCC3)ccc21. The van der Waals surface area contributed by atoms with E-state index in [4.69, 9.17) is 0 Å². The Kier molecular flexibility index (Phi) is 6.33. The number of piperidine rings is 1. The summed E-state index contributed by atoms with van der Waals surface area (Å²) in [7, 11) is -1.62. The molecule has 1 aromatic carbocycles. The number of fused-ring (bicyclic) bond motifs is 1. The molecule has 3 heterocycles. The summed E-state index contributed by atoms with van der Waals surface area (Å²) in [4.78, 5) is 21.1. The van der Waals surface area contributed by atoms with Crippen LogP contribution in [0.3, 0.4) is 0 Å². The summed E-state index contributed by atoms with van der Waals surface area (Å²) in [5.74, 6) is 0.684. The number of imidazole rings is 1. The highest BCUT2D eigenvalue weighted by Gasteiger charge is 2.26. The van der Waals surface area contributed by atoms with Crippen LogP contribution in [-0.4, -0.2) is 46.3 Å². The number of benzene rings is 1. The minimum Gasteiger partial charge on any atom is -0.352 e. The van der Waals surface area contributed by atoms with Gasteiger partial charge in [-0.25, -0.2) is 13.4 Å². The number of nitrogens with one attached hydrogen (secondary N) is 1. The van der Waals surface area contributed by atoms with Crippen molar-refractivity contribution in [3.8, 4) is 0 Å². The minimum atomic E-state index is -3.50. The third-order valence-corrected chi connectivity index (χ3v) is 7.58. The van der Waals surface area contributed by atoms with Crippen LogP contribution in [-0.2, 0) is 34.8 Å². The van der Waals surface area contributed by atoms with Crippen LogP contribution >= 0.6 is 0 Å². The van der Waals surface area contributed by atoms with E-state index in [-0.39, 0.29) is 10.8 Å². The Morgan fingerprint density at radius 2 is 1.97 bits per heavy atom. The zero-order valence-electron chi connectivity index (χ0n) is 17.6. The largest absolute Gasteiger partial charge is 0.352 e. The first kappa shape index (κ1) is 21.5.